The van der Waals surface area contributed by atoms with E-state index in [1.54, 1.807) is 6.07 Å². The maximum absolute atomic E-state index is 13.4. The molecule has 5 heteroatoms. The highest BCUT2D eigenvalue weighted by atomic mass is 35.5. The van der Waals surface area contributed by atoms with Gasteiger partial charge in [-0.2, -0.15) is 0 Å². The van der Waals surface area contributed by atoms with Gasteiger partial charge in [0, 0.05) is 12.0 Å². The summed E-state index contributed by atoms with van der Waals surface area (Å²) in [5.74, 6) is 5.57. The van der Waals surface area contributed by atoms with Gasteiger partial charge in [-0.1, -0.05) is 17.7 Å². The van der Waals surface area contributed by atoms with Gasteiger partial charge < -0.3 is 4.74 Å². The van der Waals surface area contributed by atoms with Gasteiger partial charge in [0.1, 0.15) is 5.82 Å². The second-order valence-corrected chi connectivity index (χ2v) is 5.27. The molecule has 3 unspecified atom stereocenters. The van der Waals surface area contributed by atoms with Crippen LogP contribution in [0.1, 0.15) is 18.9 Å². The first-order valence-corrected chi connectivity index (χ1v) is 6.49. The van der Waals surface area contributed by atoms with E-state index in [1.165, 1.54) is 6.07 Å². The third-order valence-electron chi connectivity index (χ3n) is 3.45. The number of rotatable bonds is 4. The number of halogens is 2. The van der Waals surface area contributed by atoms with Crippen LogP contribution in [0.15, 0.2) is 18.2 Å². The minimum Gasteiger partial charge on any atom is -0.378 e. The molecule has 0 bridgehead atoms. The molecule has 1 aromatic carbocycles. The van der Waals surface area contributed by atoms with Crippen molar-refractivity contribution in [1.29, 1.82) is 0 Å². The molecule has 2 rings (SSSR count). The summed E-state index contributed by atoms with van der Waals surface area (Å²) in [6.07, 6.45) is 1.92. The zero-order valence-electron chi connectivity index (χ0n) is 10.3. The lowest BCUT2D eigenvalue weighted by Gasteiger charge is -2.21. The van der Waals surface area contributed by atoms with Gasteiger partial charge in [0.15, 0.2) is 0 Å². The monoisotopic (exact) mass is 272 g/mol. The molecule has 1 aromatic rings. The van der Waals surface area contributed by atoms with E-state index in [1.807, 2.05) is 6.07 Å². The van der Waals surface area contributed by atoms with Crippen LogP contribution in [0, 0.1) is 11.7 Å². The van der Waals surface area contributed by atoms with Crippen molar-refractivity contribution in [3.63, 3.8) is 0 Å². The topological polar surface area (TPSA) is 47.3 Å². The highest BCUT2D eigenvalue weighted by Crippen LogP contribution is 2.25. The molecule has 1 aliphatic rings. The molecule has 0 saturated carbocycles. The van der Waals surface area contributed by atoms with E-state index in [-0.39, 0.29) is 23.0 Å². The van der Waals surface area contributed by atoms with E-state index >= 15 is 0 Å². The Labute approximate surface area is 111 Å². The fraction of sp³-hybridized carbons (Fsp3) is 0.538. The van der Waals surface area contributed by atoms with Gasteiger partial charge in [-0.05, 0) is 37.5 Å². The van der Waals surface area contributed by atoms with Gasteiger partial charge in [0.05, 0.1) is 17.7 Å². The minimum atomic E-state index is -0.388. The number of hydrogen-bond donors (Lipinski definition) is 2. The van der Waals surface area contributed by atoms with Crippen LogP contribution in [0.4, 0.5) is 4.39 Å². The summed E-state index contributed by atoms with van der Waals surface area (Å²) in [7, 11) is 0. The summed E-state index contributed by atoms with van der Waals surface area (Å²) in [5, 5.41) is 0.147. The molecule has 18 heavy (non-hydrogen) atoms. The van der Waals surface area contributed by atoms with E-state index in [9.17, 15) is 4.39 Å². The molecule has 0 aliphatic carbocycles. The molecular weight excluding hydrogens is 255 g/mol. The Morgan fingerprint density at radius 2 is 2.39 bits per heavy atom. The second kappa shape index (κ2) is 5.97. The first kappa shape index (κ1) is 13.7. The lowest BCUT2D eigenvalue weighted by molar-refractivity contribution is 0.117. The van der Waals surface area contributed by atoms with Crippen LogP contribution >= 0.6 is 11.6 Å². The zero-order valence-corrected chi connectivity index (χ0v) is 11.1. The van der Waals surface area contributed by atoms with Crippen molar-refractivity contribution < 1.29 is 9.13 Å². The van der Waals surface area contributed by atoms with Gasteiger partial charge >= 0.3 is 0 Å². The van der Waals surface area contributed by atoms with Crippen LogP contribution in [-0.4, -0.2) is 18.8 Å². The van der Waals surface area contributed by atoms with E-state index in [4.69, 9.17) is 22.2 Å². The average molecular weight is 273 g/mol. The van der Waals surface area contributed by atoms with Crippen molar-refractivity contribution in [2.24, 2.45) is 11.8 Å². The molecular formula is C13H18ClFN2O. The first-order chi connectivity index (χ1) is 8.60. The number of nitrogens with one attached hydrogen (secondary N) is 1. The Morgan fingerprint density at radius 1 is 1.61 bits per heavy atom. The highest BCUT2D eigenvalue weighted by molar-refractivity contribution is 6.30. The number of hydrogen-bond acceptors (Lipinski definition) is 3. The molecule has 1 aliphatic heterocycles. The Morgan fingerprint density at radius 3 is 2.94 bits per heavy atom. The molecule has 1 saturated heterocycles. The summed E-state index contributed by atoms with van der Waals surface area (Å²) in [6.45, 7) is 2.75. The lowest BCUT2D eigenvalue weighted by Crippen LogP contribution is -2.42. The Hall–Kier alpha value is -0.680. The van der Waals surface area contributed by atoms with Crippen LogP contribution in [0.5, 0.6) is 0 Å². The number of ether oxygens (including phenoxy) is 1. The summed E-state index contributed by atoms with van der Waals surface area (Å²) in [4.78, 5) is 0. The average Bonchev–Trinajstić information content (AvgIpc) is 2.77. The van der Waals surface area contributed by atoms with Gasteiger partial charge in [0.25, 0.3) is 0 Å². The van der Waals surface area contributed by atoms with Crippen LogP contribution in [0.3, 0.4) is 0 Å². The van der Waals surface area contributed by atoms with Crippen LogP contribution in [0.25, 0.3) is 0 Å². The minimum absolute atomic E-state index is 0.0931. The molecule has 1 fully saturated rings. The maximum atomic E-state index is 13.4. The molecule has 0 spiro atoms. The van der Waals surface area contributed by atoms with E-state index in [2.05, 4.69) is 12.3 Å². The third-order valence-corrected chi connectivity index (χ3v) is 3.76. The standard InChI is InChI=1S/C13H18ClFN2O/c1-8-4-10(7-18-8)13(17-16)6-9-2-3-11(14)12(15)5-9/h2-3,5,8,10,13,17H,4,6-7,16H2,1H3. The van der Waals surface area contributed by atoms with Crippen molar-refractivity contribution in [2.45, 2.75) is 31.9 Å². The molecule has 1 heterocycles. The fourth-order valence-corrected chi connectivity index (χ4v) is 2.53. The lowest BCUT2D eigenvalue weighted by atomic mass is 9.92. The predicted octanol–water partition coefficient (Wildman–Crippen LogP) is 2.28. The van der Waals surface area contributed by atoms with E-state index < -0.39 is 0 Å². The third kappa shape index (κ3) is 3.20. The molecule has 3 N–H and O–H groups in total. The highest BCUT2D eigenvalue weighted by Gasteiger charge is 2.29. The van der Waals surface area contributed by atoms with E-state index in [0.29, 0.717) is 18.9 Å². The summed E-state index contributed by atoms with van der Waals surface area (Å²) < 4.78 is 18.9. The van der Waals surface area contributed by atoms with Crippen LogP contribution in [0.2, 0.25) is 5.02 Å². The molecule has 0 aromatic heterocycles. The Bertz CT molecular complexity index is 416. The quantitative estimate of drug-likeness (QED) is 0.653. The van der Waals surface area contributed by atoms with Gasteiger partial charge in [-0.25, -0.2) is 4.39 Å². The maximum Gasteiger partial charge on any atom is 0.142 e. The van der Waals surface area contributed by atoms with Crippen molar-refractivity contribution in [2.75, 3.05) is 6.61 Å². The van der Waals surface area contributed by atoms with Crippen LogP contribution in [-0.2, 0) is 11.2 Å². The molecule has 3 atom stereocenters. The first-order valence-electron chi connectivity index (χ1n) is 6.11. The molecule has 0 radical (unpaired) electrons. The number of nitrogens with two attached hydrogens (primary N) is 1. The SMILES string of the molecule is CC1CC(C(Cc2ccc(Cl)c(F)c2)NN)CO1. The van der Waals surface area contributed by atoms with Gasteiger partial charge in [0.2, 0.25) is 0 Å². The zero-order chi connectivity index (χ0) is 13.1. The molecule has 0 amide bonds. The summed E-state index contributed by atoms with van der Waals surface area (Å²) >= 11 is 5.66. The Kier molecular flexibility index (Phi) is 4.56. The summed E-state index contributed by atoms with van der Waals surface area (Å²) in [5.41, 5.74) is 3.70. The number of hydrazine groups is 1. The molecule has 100 valence electrons. The van der Waals surface area contributed by atoms with Crippen LogP contribution < -0.4 is 11.3 Å². The Balaban J connectivity index is 2.03. The van der Waals surface area contributed by atoms with E-state index in [0.717, 1.165) is 12.0 Å². The van der Waals surface area contributed by atoms with Crippen molar-refractivity contribution in [1.82, 2.24) is 5.43 Å². The smallest absolute Gasteiger partial charge is 0.142 e. The predicted molar refractivity (Wildman–Crippen MR) is 69.7 cm³/mol. The fourth-order valence-electron chi connectivity index (χ4n) is 2.41. The van der Waals surface area contributed by atoms with Crippen molar-refractivity contribution in [3.05, 3.63) is 34.6 Å². The van der Waals surface area contributed by atoms with Crippen molar-refractivity contribution >= 4 is 11.6 Å². The second-order valence-electron chi connectivity index (χ2n) is 4.87. The molecule has 3 nitrogen and oxygen atoms in total. The summed E-state index contributed by atoms with van der Waals surface area (Å²) in [6, 6.07) is 4.96. The van der Waals surface area contributed by atoms with Gasteiger partial charge in [-0.3, -0.25) is 11.3 Å². The van der Waals surface area contributed by atoms with Gasteiger partial charge in [-0.15, -0.1) is 0 Å². The normalized spacial score (nSPS) is 25.3. The number of benzene rings is 1. The largest absolute Gasteiger partial charge is 0.378 e. The van der Waals surface area contributed by atoms with Crippen molar-refractivity contribution in [3.8, 4) is 0 Å².